The van der Waals surface area contributed by atoms with Crippen LogP contribution in [0.1, 0.15) is 37.6 Å². The lowest BCUT2D eigenvalue weighted by Crippen LogP contribution is -2.19. The Morgan fingerprint density at radius 2 is 2.16 bits per heavy atom. The fraction of sp³-hybridized carbons (Fsp3) is 0.385. The number of amides is 1. The molecular formula is C13H17N3O3. The van der Waals surface area contributed by atoms with Gasteiger partial charge in [0.05, 0.1) is 4.92 Å². The third kappa shape index (κ3) is 4.87. The Kier molecular flexibility index (Phi) is 5.17. The maximum Gasteiger partial charge on any atom is 0.271 e. The van der Waals surface area contributed by atoms with Gasteiger partial charge in [0.2, 0.25) is 0 Å². The molecule has 19 heavy (non-hydrogen) atoms. The Morgan fingerprint density at radius 3 is 2.74 bits per heavy atom. The maximum atomic E-state index is 11.8. The summed E-state index contributed by atoms with van der Waals surface area (Å²) in [5.74, 6) is 0.00488. The third-order valence-corrected chi connectivity index (χ3v) is 2.37. The SMILES string of the molecule is C/C(CC(C)C)=N/NC(=O)c1cccc([N+](=O)[O-])c1. The van der Waals surface area contributed by atoms with Crippen LogP contribution in [-0.2, 0) is 0 Å². The fourth-order valence-electron chi connectivity index (χ4n) is 1.61. The number of hydrogen-bond acceptors (Lipinski definition) is 4. The minimum absolute atomic E-state index is 0.115. The van der Waals surface area contributed by atoms with Crippen LogP contribution < -0.4 is 5.43 Å². The molecule has 0 saturated carbocycles. The first kappa shape index (κ1) is 14.8. The summed E-state index contributed by atoms with van der Waals surface area (Å²) in [6.07, 6.45) is 0.787. The van der Waals surface area contributed by atoms with Crippen LogP contribution in [0.25, 0.3) is 0 Å². The van der Waals surface area contributed by atoms with Crippen molar-refractivity contribution in [2.24, 2.45) is 11.0 Å². The van der Waals surface area contributed by atoms with Crippen LogP contribution in [0.3, 0.4) is 0 Å². The highest BCUT2D eigenvalue weighted by Crippen LogP contribution is 2.12. The number of nitrogens with one attached hydrogen (secondary N) is 1. The topological polar surface area (TPSA) is 84.6 Å². The summed E-state index contributed by atoms with van der Waals surface area (Å²) in [5, 5.41) is 14.6. The predicted molar refractivity (Wildman–Crippen MR) is 73.1 cm³/mol. The lowest BCUT2D eigenvalue weighted by molar-refractivity contribution is -0.384. The lowest BCUT2D eigenvalue weighted by atomic mass is 10.1. The van der Waals surface area contributed by atoms with Gasteiger partial charge in [-0.1, -0.05) is 19.9 Å². The Bertz CT molecular complexity index is 510. The van der Waals surface area contributed by atoms with Gasteiger partial charge in [-0.05, 0) is 25.3 Å². The van der Waals surface area contributed by atoms with E-state index in [-0.39, 0.29) is 11.3 Å². The predicted octanol–water partition coefficient (Wildman–Crippen LogP) is 2.75. The molecule has 0 spiro atoms. The molecule has 0 aromatic heterocycles. The molecule has 0 atom stereocenters. The molecule has 1 rings (SSSR count). The Hall–Kier alpha value is -2.24. The number of carbonyl (C=O) groups is 1. The third-order valence-electron chi connectivity index (χ3n) is 2.37. The van der Waals surface area contributed by atoms with Gasteiger partial charge in [0.25, 0.3) is 11.6 Å². The van der Waals surface area contributed by atoms with Crippen molar-refractivity contribution in [1.82, 2.24) is 5.43 Å². The number of benzene rings is 1. The molecule has 0 bridgehead atoms. The molecule has 0 saturated heterocycles. The van der Waals surface area contributed by atoms with E-state index in [4.69, 9.17) is 0 Å². The molecule has 0 aliphatic carbocycles. The Balaban J connectivity index is 2.73. The fourth-order valence-corrected chi connectivity index (χ4v) is 1.61. The van der Waals surface area contributed by atoms with Crippen molar-refractivity contribution in [1.29, 1.82) is 0 Å². The van der Waals surface area contributed by atoms with Crippen molar-refractivity contribution in [3.05, 3.63) is 39.9 Å². The highest BCUT2D eigenvalue weighted by molar-refractivity contribution is 5.95. The average molecular weight is 263 g/mol. The van der Waals surface area contributed by atoms with Gasteiger partial charge in [0, 0.05) is 23.4 Å². The summed E-state index contributed by atoms with van der Waals surface area (Å²) in [6.45, 7) is 5.94. The van der Waals surface area contributed by atoms with E-state index in [2.05, 4.69) is 24.4 Å². The molecule has 102 valence electrons. The number of carbonyl (C=O) groups excluding carboxylic acids is 1. The number of hydrazone groups is 1. The van der Waals surface area contributed by atoms with Crippen molar-refractivity contribution in [2.45, 2.75) is 27.2 Å². The standard InChI is InChI=1S/C13H17N3O3/c1-9(2)7-10(3)14-15-13(17)11-5-4-6-12(8-11)16(18)19/h4-6,8-9H,7H2,1-3H3,(H,15,17)/b14-10-. The molecule has 0 radical (unpaired) electrons. The average Bonchev–Trinajstić information content (AvgIpc) is 2.35. The molecule has 1 aromatic carbocycles. The van der Waals surface area contributed by atoms with Gasteiger partial charge in [0.15, 0.2) is 0 Å². The minimum atomic E-state index is -0.538. The first-order valence-corrected chi connectivity index (χ1v) is 5.98. The van der Waals surface area contributed by atoms with Gasteiger partial charge in [-0.2, -0.15) is 5.10 Å². The lowest BCUT2D eigenvalue weighted by Gasteiger charge is -2.04. The Morgan fingerprint density at radius 1 is 1.47 bits per heavy atom. The number of rotatable bonds is 5. The quantitative estimate of drug-likeness (QED) is 0.503. The van der Waals surface area contributed by atoms with Crippen molar-refractivity contribution >= 4 is 17.3 Å². The van der Waals surface area contributed by atoms with Crippen molar-refractivity contribution in [3.63, 3.8) is 0 Å². The largest absolute Gasteiger partial charge is 0.271 e. The van der Waals surface area contributed by atoms with Gasteiger partial charge >= 0.3 is 0 Å². The zero-order valence-corrected chi connectivity index (χ0v) is 11.2. The monoisotopic (exact) mass is 263 g/mol. The normalized spacial score (nSPS) is 11.5. The highest BCUT2D eigenvalue weighted by atomic mass is 16.6. The van der Waals surface area contributed by atoms with E-state index < -0.39 is 10.8 Å². The second-order valence-corrected chi connectivity index (χ2v) is 4.69. The van der Waals surface area contributed by atoms with Crippen LogP contribution >= 0.6 is 0 Å². The second kappa shape index (κ2) is 6.63. The minimum Gasteiger partial charge on any atom is -0.267 e. The molecule has 6 heteroatoms. The molecular weight excluding hydrogens is 246 g/mol. The van der Waals surface area contributed by atoms with Crippen molar-refractivity contribution in [3.8, 4) is 0 Å². The van der Waals surface area contributed by atoms with E-state index in [9.17, 15) is 14.9 Å². The van der Waals surface area contributed by atoms with Gasteiger partial charge in [-0.3, -0.25) is 14.9 Å². The molecule has 0 aliphatic heterocycles. The number of nitrogens with zero attached hydrogens (tertiary/aromatic N) is 2. The van der Waals surface area contributed by atoms with E-state index in [1.165, 1.54) is 24.3 Å². The van der Waals surface area contributed by atoms with E-state index in [1.54, 1.807) is 0 Å². The molecule has 6 nitrogen and oxygen atoms in total. The van der Waals surface area contributed by atoms with Gasteiger partial charge < -0.3 is 0 Å². The number of non-ortho nitro benzene ring substituents is 1. The summed E-state index contributed by atoms with van der Waals surface area (Å²) >= 11 is 0. The molecule has 0 fully saturated rings. The van der Waals surface area contributed by atoms with E-state index in [1.807, 2.05) is 6.92 Å². The van der Waals surface area contributed by atoms with Gasteiger partial charge in [-0.15, -0.1) is 0 Å². The number of hydrogen-bond donors (Lipinski definition) is 1. The van der Waals surface area contributed by atoms with Crippen LogP contribution in [0, 0.1) is 16.0 Å². The van der Waals surface area contributed by atoms with E-state index in [0.29, 0.717) is 5.92 Å². The van der Waals surface area contributed by atoms with Crippen LogP contribution in [0.5, 0.6) is 0 Å². The molecule has 0 unspecified atom stereocenters. The highest BCUT2D eigenvalue weighted by Gasteiger charge is 2.10. The van der Waals surface area contributed by atoms with Gasteiger partial charge in [-0.25, -0.2) is 5.43 Å². The first-order valence-electron chi connectivity index (χ1n) is 5.98. The summed E-state index contributed by atoms with van der Waals surface area (Å²) in [7, 11) is 0. The summed E-state index contributed by atoms with van der Waals surface area (Å²) in [6, 6.07) is 5.54. The molecule has 1 aromatic rings. The van der Waals surface area contributed by atoms with Crippen molar-refractivity contribution in [2.75, 3.05) is 0 Å². The van der Waals surface area contributed by atoms with Gasteiger partial charge in [0.1, 0.15) is 0 Å². The molecule has 1 N–H and O–H groups in total. The van der Waals surface area contributed by atoms with Crippen LogP contribution in [0.4, 0.5) is 5.69 Å². The Labute approximate surface area is 111 Å². The van der Waals surface area contributed by atoms with Crippen LogP contribution in [-0.4, -0.2) is 16.5 Å². The van der Waals surface area contributed by atoms with E-state index in [0.717, 1.165) is 12.1 Å². The maximum absolute atomic E-state index is 11.8. The number of nitro benzene ring substituents is 1. The number of nitro groups is 1. The first-order chi connectivity index (χ1) is 8.90. The van der Waals surface area contributed by atoms with Crippen molar-refractivity contribution < 1.29 is 9.72 Å². The van der Waals surface area contributed by atoms with Crippen LogP contribution in [0.15, 0.2) is 29.4 Å². The molecule has 0 heterocycles. The van der Waals surface area contributed by atoms with E-state index >= 15 is 0 Å². The second-order valence-electron chi connectivity index (χ2n) is 4.69. The summed E-state index contributed by atoms with van der Waals surface area (Å²) in [4.78, 5) is 21.8. The molecule has 1 amide bonds. The smallest absolute Gasteiger partial charge is 0.267 e. The van der Waals surface area contributed by atoms with Crippen LogP contribution in [0.2, 0.25) is 0 Å². The summed E-state index contributed by atoms with van der Waals surface area (Å²) < 4.78 is 0. The zero-order valence-electron chi connectivity index (χ0n) is 11.2. The summed E-state index contributed by atoms with van der Waals surface area (Å²) in [5.41, 5.74) is 3.31. The molecule has 0 aliphatic rings. The zero-order chi connectivity index (χ0) is 14.4.